The predicted molar refractivity (Wildman–Crippen MR) is 65.7 cm³/mol. The van der Waals surface area contributed by atoms with Crippen LogP contribution in [0.3, 0.4) is 0 Å². The lowest BCUT2D eigenvalue weighted by atomic mass is 9.94. The highest BCUT2D eigenvalue weighted by Crippen LogP contribution is 2.38. The van der Waals surface area contributed by atoms with Crippen LogP contribution in [0.15, 0.2) is 29.8 Å². The zero-order valence-electron chi connectivity index (χ0n) is 9.44. The number of ketones is 1. The Bertz CT molecular complexity index is 679. The minimum absolute atomic E-state index is 0.202. The van der Waals surface area contributed by atoms with Crippen LogP contribution in [0.2, 0.25) is 0 Å². The second-order valence-corrected chi connectivity index (χ2v) is 4.74. The second-order valence-electron chi connectivity index (χ2n) is 4.74. The van der Waals surface area contributed by atoms with E-state index < -0.39 is 0 Å². The number of allylic oxidation sites excluding steroid dienone is 2. The molecule has 0 radical (unpaired) electrons. The normalized spacial score (nSPS) is 18.7. The quantitative estimate of drug-likeness (QED) is 0.689. The van der Waals surface area contributed by atoms with Crippen molar-refractivity contribution in [3.05, 3.63) is 35.5 Å². The van der Waals surface area contributed by atoms with Gasteiger partial charge in [0.2, 0.25) is 5.78 Å². The van der Waals surface area contributed by atoms with Crippen molar-refractivity contribution in [2.45, 2.75) is 25.7 Å². The van der Waals surface area contributed by atoms with Crippen LogP contribution in [-0.2, 0) is 0 Å². The topological polar surface area (TPSA) is 34.9 Å². The van der Waals surface area contributed by atoms with Gasteiger partial charge in [0.15, 0.2) is 0 Å². The first kappa shape index (κ1) is 9.16. The summed E-state index contributed by atoms with van der Waals surface area (Å²) in [5.41, 5.74) is 3.86. The minimum Gasteiger partial charge on any atom is -0.287 e. The molecule has 0 amide bonds. The molecule has 0 saturated carbocycles. The first-order valence-electron chi connectivity index (χ1n) is 6.11. The van der Waals surface area contributed by atoms with Gasteiger partial charge in [-0.25, -0.2) is 4.68 Å². The van der Waals surface area contributed by atoms with Crippen LogP contribution in [-0.4, -0.2) is 15.6 Å². The molecule has 1 aromatic carbocycles. The molecule has 2 aromatic rings. The van der Waals surface area contributed by atoms with Gasteiger partial charge in [-0.05, 0) is 31.7 Å². The Balaban J connectivity index is 2.06. The number of nitrogens with zero attached hydrogens (tertiary/aromatic N) is 2. The maximum atomic E-state index is 12.4. The fourth-order valence-corrected chi connectivity index (χ4v) is 2.96. The van der Waals surface area contributed by atoms with Gasteiger partial charge in [0.1, 0.15) is 5.69 Å². The highest BCUT2D eigenvalue weighted by molar-refractivity contribution is 6.21. The molecule has 0 saturated heterocycles. The van der Waals surface area contributed by atoms with Crippen LogP contribution in [0.25, 0.3) is 16.6 Å². The van der Waals surface area contributed by atoms with E-state index in [4.69, 9.17) is 0 Å². The lowest BCUT2D eigenvalue weighted by molar-refractivity contribution is 0.103. The van der Waals surface area contributed by atoms with Crippen LogP contribution in [0, 0.1) is 0 Å². The zero-order valence-corrected chi connectivity index (χ0v) is 9.44. The number of carbonyl (C=O) groups is 1. The molecule has 0 fully saturated rings. The molecule has 0 spiro atoms. The van der Waals surface area contributed by atoms with Gasteiger partial charge in [-0.2, -0.15) is 5.10 Å². The van der Waals surface area contributed by atoms with Crippen LogP contribution >= 0.6 is 0 Å². The number of aromatic nitrogens is 2. The van der Waals surface area contributed by atoms with Crippen molar-refractivity contribution in [2.75, 3.05) is 0 Å². The van der Waals surface area contributed by atoms with Crippen molar-refractivity contribution < 1.29 is 4.79 Å². The zero-order chi connectivity index (χ0) is 11.4. The van der Waals surface area contributed by atoms with E-state index in [1.54, 1.807) is 0 Å². The molecule has 3 nitrogen and oxygen atoms in total. The predicted octanol–water partition coefficient (Wildman–Crippen LogP) is 3.02. The number of Topliss-reactive ketones (excluding diaryl/α,β-unsaturated/α-hetero) is 1. The van der Waals surface area contributed by atoms with E-state index in [2.05, 4.69) is 5.10 Å². The molecule has 2 aliphatic rings. The fourth-order valence-electron chi connectivity index (χ4n) is 2.96. The molecule has 3 heteroatoms. The van der Waals surface area contributed by atoms with Gasteiger partial charge < -0.3 is 0 Å². The number of hydrogen-bond donors (Lipinski definition) is 0. The summed E-state index contributed by atoms with van der Waals surface area (Å²) in [7, 11) is 0. The number of rotatable bonds is 0. The number of carbonyl (C=O) groups excluding carboxylic acids is 1. The second kappa shape index (κ2) is 3.06. The van der Waals surface area contributed by atoms with Crippen molar-refractivity contribution in [1.82, 2.24) is 9.78 Å². The average Bonchev–Trinajstić information content (AvgIpc) is 2.88. The number of hydrogen-bond acceptors (Lipinski definition) is 2. The molecule has 0 N–H and O–H groups in total. The van der Waals surface area contributed by atoms with Gasteiger partial charge >= 0.3 is 0 Å². The first-order chi connectivity index (χ1) is 8.36. The summed E-state index contributed by atoms with van der Waals surface area (Å²) in [6.07, 6.45) is 4.21. The molecular formula is C14H12N2O. The highest BCUT2D eigenvalue weighted by atomic mass is 16.1. The first-order valence-corrected chi connectivity index (χ1v) is 6.11. The Morgan fingerprint density at radius 3 is 2.88 bits per heavy atom. The smallest absolute Gasteiger partial charge is 0.209 e. The third kappa shape index (κ3) is 1.06. The molecule has 84 valence electrons. The molecule has 17 heavy (non-hydrogen) atoms. The van der Waals surface area contributed by atoms with Crippen LogP contribution in [0.5, 0.6) is 0 Å². The lowest BCUT2D eigenvalue weighted by Crippen LogP contribution is -2.02. The molecule has 1 aliphatic carbocycles. The minimum atomic E-state index is 0.202. The summed E-state index contributed by atoms with van der Waals surface area (Å²) in [6, 6.07) is 7.89. The van der Waals surface area contributed by atoms with Crippen molar-refractivity contribution in [3.8, 4) is 0 Å². The van der Waals surface area contributed by atoms with Crippen molar-refractivity contribution >= 4 is 22.4 Å². The molecule has 1 aromatic heterocycles. The lowest BCUT2D eigenvalue weighted by Gasteiger charge is -2.12. The van der Waals surface area contributed by atoms with E-state index in [-0.39, 0.29) is 5.78 Å². The van der Waals surface area contributed by atoms with Gasteiger partial charge in [-0.15, -0.1) is 0 Å². The standard InChI is InChI=1S/C14H12N2O/c17-14-10-6-2-4-8-12(10)16-13(14)9-5-1-3-7-11(9)15-16/h1,3,5,7H,2,4,6,8H2. The van der Waals surface area contributed by atoms with Crippen molar-refractivity contribution in [1.29, 1.82) is 0 Å². The molecule has 2 heterocycles. The van der Waals surface area contributed by atoms with Crippen molar-refractivity contribution in [3.63, 3.8) is 0 Å². The van der Waals surface area contributed by atoms with Gasteiger partial charge in [-0.3, -0.25) is 4.79 Å². The third-order valence-electron chi connectivity index (χ3n) is 3.76. The van der Waals surface area contributed by atoms with Gasteiger partial charge in [0, 0.05) is 11.0 Å². The summed E-state index contributed by atoms with van der Waals surface area (Å²) in [4.78, 5) is 12.4. The molecule has 4 rings (SSSR count). The summed E-state index contributed by atoms with van der Waals surface area (Å²) in [5, 5.41) is 5.56. The Hall–Kier alpha value is -1.90. The molecule has 0 bridgehead atoms. The molecule has 1 aliphatic heterocycles. The fraction of sp³-hybridized carbons (Fsp3) is 0.286. The number of fused-ring (bicyclic) bond motifs is 4. The summed E-state index contributed by atoms with van der Waals surface area (Å²) in [6.45, 7) is 0. The Labute approximate surface area is 98.7 Å². The summed E-state index contributed by atoms with van der Waals surface area (Å²) in [5.74, 6) is 0.202. The highest BCUT2D eigenvalue weighted by Gasteiger charge is 2.33. The SMILES string of the molecule is O=C1C2=C(CCCC2)n2nc3ccccc3c21. The van der Waals surface area contributed by atoms with Gasteiger partial charge in [-0.1, -0.05) is 18.2 Å². The van der Waals surface area contributed by atoms with E-state index in [9.17, 15) is 4.79 Å². The Kier molecular flexibility index (Phi) is 1.65. The monoisotopic (exact) mass is 224 g/mol. The summed E-state index contributed by atoms with van der Waals surface area (Å²) < 4.78 is 1.89. The molecular weight excluding hydrogens is 212 g/mol. The van der Waals surface area contributed by atoms with Gasteiger partial charge in [0.05, 0.1) is 11.2 Å². The van der Waals surface area contributed by atoms with Crippen LogP contribution in [0.4, 0.5) is 0 Å². The van der Waals surface area contributed by atoms with E-state index >= 15 is 0 Å². The van der Waals surface area contributed by atoms with E-state index in [0.29, 0.717) is 0 Å². The van der Waals surface area contributed by atoms with E-state index in [0.717, 1.165) is 47.1 Å². The van der Waals surface area contributed by atoms with E-state index in [1.807, 2.05) is 28.9 Å². The molecule has 0 atom stereocenters. The van der Waals surface area contributed by atoms with E-state index in [1.165, 1.54) is 6.42 Å². The maximum absolute atomic E-state index is 12.4. The maximum Gasteiger partial charge on any atom is 0.209 e. The van der Waals surface area contributed by atoms with Crippen LogP contribution in [0.1, 0.15) is 36.2 Å². The summed E-state index contributed by atoms with van der Waals surface area (Å²) >= 11 is 0. The van der Waals surface area contributed by atoms with Gasteiger partial charge in [0.25, 0.3) is 0 Å². The third-order valence-corrected chi connectivity index (χ3v) is 3.76. The average molecular weight is 224 g/mol. The van der Waals surface area contributed by atoms with Crippen molar-refractivity contribution in [2.24, 2.45) is 0 Å². The largest absolute Gasteiger partial charge is 0.287 e. The molecule has 0 unspecified atom stereocenters. The number of benzene rings is 1. The Morgan fingerprint density at radius 2 is 1.94 bits per heavy atom. The van der Waals surface area contributed by atoms with Crippen LogP contribution < -0.4 is 0 Å². The Morgan fingerprint density at radius 1 is 1.12 bits per heavy atom.